The van der Waals surface area contributed by atoms with Gasteiger partial charge in [0, 0.05) is 22.1 Å². The molecule has 0 bridgehead atoms. The van der Waals surface area contributed by atoms with Gasteiger partial charge >= 0.3 is 0 Å². The van der Waals surface area contributed by atoms with Crippen molar-refractivity contribution in [2.45, 2.75) is 19.1 Å². The molecule has 0 aliphatic rings. The maximum absolute atomic E-state index is 5.57. The van der Waals surface area contributed by atoms with Gasteiger partial charge in [0.05, 0.1) is 0 Å². The van der Waals surface area contributed by atoms with Crippen LogP contribution in [0.15, 0.2) is 40.0 Å². The molecule has 0 saturated heterocycles. The lowest BCUT2D eigenvalue weighted by molar-refractivity contribution is 0.467. The molecule has 0 radical (unpaired) electrons. The normalized spacial score (nSPS) is 11.0. The van der Waals surface area contributed by atoms with Crippen LogP contribution in [0.5, 0.6) is 0 Å². The van der Waals surface area contributed by atoms with Crippen LogP contribution < -0.4 is 0 Å². The Morgan fingerprint density at radius 3 is 2.65 bits per heavy atom. The molecule has 90 valence electrons. The van der Waals surface area contributed by atoms with Crippen molar-refractivity contribution in [2.24, 2.45) is 5.92 Å². The van der Waals surface area contributed by atoms with Gasteiger partial charge in [0.15, 0.2) is 0 Å². The first-order valence-corrected chi connectivity index (χ1v) is 7.76. The quantitative estimate of drug-likeness (QED) is 0.761. The highest BCUT2D eigenvalue weighted by Crippen LogP contribution is 2.32. The third-order valence-corrected chi connectivity index (χ3v) is 4.38. The zero-order valence-corrected chi connectivity index (χ0v) is 11.4. The predicted octanol–water partition coefficient (Wildman–Crippen LogP) is 4.13. The summed E-state index contributed by atoms with van der Waals surface area (Å²) in [5, 5.41) is 8.67. The van der Waals surface area contributed by atoms with Gasteiger partial charge in [0.1, 0.15) is 0 Å². The molecule has 0 saturated carbocycles. The van der Waals surface area contributed by atoms with Crippen LogP contribution in [0, 0.1) is 5.92 Å². The fraction of sp³-hybridized carbons (Fsp3) is 0.333. The summed E-state index contributed by atoms with van der Waals surface area (Å²) in [5.74, 6) is 2.33. The first kappa shape index (κ1) is 12.5. The molecule has 1 aromatic carbocycles. The number of rotatable bonds is 5. The lowest BCUT2D eigenvalue weighted by Gasteiger charge is -1.99. The first-order chi connectivity index (χ1) is 8.25. The lowest BCUT2D eigenvalue weighted by atomic mass is 10.2. The average Bonchev–Trinajstić information content (AvgIpc) is 2.78. The highest BCUT2D eigenvalue weighted by atomic mass is 33.1. The summed E-state index contributed by atoms with van der Waals surface area (Å²) in [6.07, 6.45) is 0. The van der Waals surface area contributed by atoms with Crippen molar-refractivity contribution < 1.29 is 4.42 Å². The van der Waals surface area contributed by atoms with Gasteiger partial charge in [-0.05, 0) is 18.1 Å². The molecule has 0 fully saturated rings. The van der Waals surface area contributed by atoms with Gasteiger partial charge in [-0.2, -0.15) is 0 Å². The van der Waals surface area contributed by atoms with E-state index in [9.17, 15) is 0 Å². The number of aromatic nitrogens is 2. The molecule has 0 N–H and O–H groups in total. The smallest absolute Gasteiger partial charge is 0.287 e. The van der Waals surface area contributed by atoms with Crippen molar-refractivity contribution in [3.05, 3.63) is 30.3 Å². The second-order valence-electron chi connectivity index (χ2n) is 4.00. The van der Waals surface area contributed by atoms with E-state index in [2.05, 4.69) is 24.0 Å². The van der Waals surface area contributed by atoms with Crippen molar-refractivity contribution in [1.29, 1.82) is 0 Å². The molecule has 0 aliphatic heterocycles. The van der Waals surface area contributed by atoms with Crippen molar-refractivity contribution in [2.75, 3.05) is 5.75 Å². The highest BCUT2D eigenvalue weighted by molar-refractivity contribution is 8.76. The summed E-state index contributed by atoms with van der Waals surface area (Å²) < 4.78 is 5.57. The van der Waals surface area contributed by atoms with Crippen molar-refractivity contribution in [3.8, 4) is 11.5 Å². The Balaban J connectivity index is 1.97. The molecule has 0 unspecified atom stereocenters. The summed E-state index contributed by atoms with van der Waals surface area (Å²) in [4.78, 5) is 0. The molecule has 3 nitrogen and oxygen atoms in total. The summed E-state index contributed by atoms with van der Waals surface area (Å²) in [7, 11) is 3.28. The molecule has 0 amide bonds. The summed E-state index contributed by atoms with van der Waals surface area (Å²) in [6.45, 7) is 4.38. The van der Waals surface area contributed by atoms with Crippen LogP contribution in [-0.4, -0.2) is 16.0 Å². The van der Waals surface area contributed by atoms with Gasteiger partial charge in [0.25, 0.3) is 5.22 Å². The van der Waals surface area contributed by atoms with Crippen LogP contribution in [0.25, 0.3) is 11.5 Å². The van der Waals surface area contributed by atoms with Crippen LogP contribution in [-0.2, 0) is 0 Å². The van der Waals surface area contributed by atoms with Crippen molar-refractivity contribution in [1.82, 2.24) is 10.2 Å². The second-order valence-corrected chi connectivity index (χ2v) is 6.29. The Bertz CT molecular complexity index is 457. The monoisotopic (exact) mass is 266 g/mol. The molecule has 1 heterocycles. The molecule has 5 heteroatoms. The number of hydrogen-bond donors (Lipinski definition) is 0. The van der Waals surface area contributed by atoms with Gasteiger partial charge in [-0.1, -0.05) is 47.9 Å². The molecule has 2 aromatic rings. The zero-order chi connectivity index (χ0) is 12.1. The van der Waals surface area contributed by atoms with E-state index >= 15 is 0 Å². The molecule has 2 rings (SSSR count). The van der Waals surface area contributed by atoms with Gasteiger partial charge in [-0.25, -0.2) is 0 Å². The predicted molar refractivity (Wildman–Crippen MR) is 72.9 cm³/mol. The van der Waals surface area contributed by atoms with E-state index in [0.29, 0.717) is 17.0 Å². The zero-order valence-electron chi connectivity index (χ0n) is 9.79. The lowest BCUT2D eigenvalue weighted by Crippen LogP contribution is -1.87. The molecular weight excluding hydrogens is 252 g/mol. The van der Waals surface area contributed by atoms with Crippen molar-refractivity contribution >= 4 is 21.6 Å². The third kappa shape index (κ3) is 3.78. The standard InChI is InChI=1S/C12H14N2OS2/c1-9(2)8-16-17-12-14-13-11(15-12)10-6-4-3-5-7-10/h3-7,9H,8H2,1-2H3. The first-order valence-electron chi connectivity index (χ1n) is 5.44. The van der Waals surface area contributed by atoms with E-state index < -0.39 is 0 Å². The van der Waals surface area contributed by atoms with Crippen LogP contribution in [0.4, 0.5) is 0 Å². The number of benzene rings is 1. The Morgan fingerprint density at radius 1 is 1.18 bits per heavy atom. The molecular formula is C12H14N2OS2. The maximum Gasteiger partial charge on any atom is 0.287 e. The molecule has 0 aliphatic carbocycles. The van der Waals surface area contributed by atoms with Crippen LogP contribution in [0.2, 0.25) is 0 Å². The average molecular weight is 266 g/mol. The van der Waals surface area contributed by atoms with Gasteiger partial charge in [0.2, 0.25) is 5.89 Å². The van der Waals surface area contributed by atoms with Crippen molar-refractivity contribution in [3.63, 3.8) is 0 Å². The molecule has 1 aromatic heterocycles. The summed E-state index contributed by atoms with van der Waals surface area (Å²) in [6, 6.07) is 9.81. The summed E-state index contributed by atoms with van der Waals surface area (Å²) in [5.41, 5.74) is 0.959. The van der Waals surface area contributed by atoms with E-state index in [1.165, 1.54) is 0 Å². The fourth-order valence-electron chi connectivity index (χ4n) is 1.16. The Morgan fingerprint density at radius 2 is 1.94 bits per heavy atom. The topological polar surface area (TPSA) is 38.9 Å². The fourth-order valence-corrected chi connectivity index (χ4v) is 3.31. The SMILES string of the molecule is CC(C)CSSc1nnc(-c2ccccc2)o1. The number of nitrogens with zero attached hydrogens (tertiary/aromatic N) is 2. The van der Waals surface area contributed by atoms with Crippen LogP contribution in [0.1, 0.15) is 13.8 Å². The van der Waals surface area contributed by atoms with Crippen LogP contribution >= 0.6 is 21.6 Å². The minimum atomic E-state index is 0.582. The van der Waals surface area contributed by atoms with Gasteiger partial charge < -0.3 is 4.42 Å². The van der Waals surface area contributed by atoms with Gasteiger partial charge in [-0.3, -0.25) is 0 Å². The van der Waals surface area contributed by atoms with E-state index in [1.54, 1.807) is 21.6 Å². The minimum absolute atomic E-state index is 0.582. The van der Waals surface area contributed by atoms with E-state index in [1.807, 2.05) is 30.3 Å². The van der Waals surface area contributed by atoms with Crippen LogP contribution in [0.3, 0.4) is 0 Å². The minimum Gasteiger partial charge on any atom is -0.411 e. The van der Waals surface area contributed by atoms with E-state index in [-0.39, 0.29) is 0 Å². The second kappa shape index (κ2) is 6.12. The molecule has 17 heavy (non-hydrogen) atoms. The Labute approximate surface area is 109 Å². The Hall–Kier alpha value is -0.940. The molecule has 0 spiro atoms. The van der Waals surface area contributed by atoms with E-state index in [0.717, 1.165) is 11.3 Å². The maximum atomic E-state index is 5.57. The molecule has 0 atom stereocenters. The largest absolute Gasteiger partial charge is 0.411 e. The van der Waals surface area contributed by atoms with Gasteiger partial charge in [-0.15, -0.1) is 5.10 Å². The van der Waals surface area contributed by atoms with E-state index in [4.69, 9.17) is 4.42 Å². The summed E-state index contributed by atoms with van der Waals surface area (Å²) >= 11 is 0. The third-order valence-electron chi connectivity index (χ3n) is 1.96. The highest BCUT2D eigenvalue weighted by Gasteiger charge is 2.08. The number of hydrogen-bond acceptors (Lipinski definition) is 5. The Kier molecular flexibility index (Phi) is 4.50.